The maximum Gasteiger partial charge on any atom is 0.274 e. The zero-order valence-corrected chi connectivity index (χ0v) is 12.5. The molecule has 1 fully saturated rings. The van der Waals surface area contributed by atoms with Crippen molar-refractivity contribution in [2.45, 2.75) is 32.2 Å². The second kappa shape index (κ2) is 7.95. The molecule has 0 atom stereocenters. The van der Waals surface area contributed by atoms with Gasteiger partial charge in [-0.1, -0.05) is 6.92 Å². The maximum absolute atomic E-state index is 12.1. The van der Waals surface area contributed by atoms with Crippen molar-refractivity contribution in [3.05, 3.63) is 24.0 Å². The number of hydrogen-bond donors (Lipinski definition) is 3. The first kappa shape index (κ1) is 15.7. The topological polar surface area (TPSA) is 77.2 Å². The minimum atomic E-state index is -0.369. The van der Waals surface area contributed by atoms with E-state index in [1.165, 1.54) is 0 Å². The van der Waals surface area contributed by atoms with Gasteiger partial charge in [0.1, 0.15) is 5.69 Å². The molecule has 1 aliphatic rings. The van der Waals surface area contributed by atoms with Crippen LogP contribution in [0.5, 0.6) is 0 Å². The van der Waals surface area contributed by atoms with E-state index in [-0.39, 0.29) is 18.4 Å². The summed E-state index contributed by atoms with van der Waals surface area (Å²) >= 11 is 0. The van der Waals surface area contributed by atoms with Crippen LogP contribution in [0.3, 0.4) is 0 Å². The highest BCUT2D eigenvalue weighted by molar-refractivity contribution is 6.04. The second-order valence-corrected chi connectivity index (χ2v) is 5.41. The summed E-state index contributed by atoms with van der Waals surface area (Å²) in [5.41, 5.74) is 0.409. The van der Waals surface area contributed by atoms with E-state index in [1.807, 2.05) is 0 Å². The van der Waals surface area contributed by atoms with Gasteiger partial charge in [-0.15, -0.1) is 0 Å². The summed E-state index contributed by atoms with van der Waals surface area (Å²) in [4.78, 5) is 28.9. The van der Waals surface area contributed by atoms with Gasteiger partial charge in [-0.2, -0.15) is 0 Å². The van der Waals surface area contributed by atoms with Crippen LogP contribution in [0, 0.1) is 0 Å². The van der Waals surface area contributed by atoms with E-state index in [4.69, 9.17) is 0 Å². The highest BCUT2D eigenvalue weighted by Gasteiger charge is 2.23. The Morgan fingerprint density at radius 3 is 2.76 bits per heavy atom. The molecule has 3 N–H and O–H groups in total. The van der Waals surface area contributed by atoms with E-state index in [0.717, 1.165) is 38.9 Å². The Morgan fingerprint density at radius 1 is 1.38 bits per heavy atom. The monoisotopic (exact) mass is 292 g/mol. The zero-order valence-electron chi connectivity index (χ0n) is 12.5. The number of carbonyl (C=O) groups excluding carboxylic acids is 2. The van der Waals surface area contributed by atoms with Crippen molar-refractivity contribution < 1.29 is 9.59 Å². The number of nitrogens with one attached hydrogen (secondary N) is 3. The molecule has 0 aliphatic carbocycles. The summed E-state index contributed by atoms with van der Waals surface area (Å²) in [6.07, 6.45) is 4.77. The lowest BCUT2D eigenvalue weighted by atomic mass is 10.0. The van der Waals surface area contributed by atoms with E-state index in [0.29, 0.717) is 11.7 Å². The van der Waals surface area contributed by atoms with Gasteiger partial charge in [0.05, 0.1) is 6.54 Å². The molecule has 2 amide bonds. The third-order valence-electron chi connectivity index (χ3n) is 3.78. The minimum Gasteiger partial charge on any atom is -0.357 e. The number of imide groups is 1. The fourth-order valence-corrected chi connectivity index (χ4v) is 2.74. The number of piperidine rings is 1. The summed E-state index contributed by atoms with van der Waals surface area (Å²) in [6.45, 7) is 5.26. The van der Waals surface area contributed by atoms with Gasteiger partial charge in [0, 0.05) is 12.2 Å². The maximum atomic E-state index is 12.1. The summed E-state index contributed by atoms with van der Waals surface area (Å²) < 4.78 is 0. The van der Waals surface area contributed by atoms with Crippen LogP contribution in [0.2, 0.25) is 0 Å². The van der Waals surface area contributed by atoms with Crippen LogP contribution in [-0.4, -0.2) is 53.9 Å². The molecule has 0 radical (unpaired) electrons. The molecule has 0 unspecified atom stereocenters. The standard InChI is InChI=1S/C15H24N4O2/c1-2-10-19(12-5-8-16-9-6-12)11-14(20)18-15(21)13-4-3-7-17-13/h3-4,7,12,16-17H,2,5-6,8-11H2,1H3,(H,18,20,21). The quantitative estimate of drug-likeness (QED) is 0.722. The van der Waals surface area contributed by atoms with Gasteiger partial charge >= 0.3 is 0 Å². The van der Waals surface area contributed by atoms with Crippen molar-refractivity contribution in [2.75, 3.05) is 26.2 Å². The number of aromatic nitrogens is 1. The number of nitrogens with zero attached hydrogens (tertiary/aromatic N) is 1. The van der Waals surface area contributed by atoms with Crippen LogP contribution in [0.1, 0.15) is 36.7 Å². The van der Waals surface area contributed by atoms with E-state index < -0.39 is 0 Å². The summed E-state index contributed by atoms with van der Waals surface area (Å²) in [6, 6.07) is 3.81. The Morgan fingerprint density at radius 2 is 2.14 bits per heavy atom. The molecule has 1 aromatic heterocycles. The van der Waals surface area contributed by atoms with Crippen LogP contribution in [0.15, 0.2) is 18.3 Å². The average molecular weight is 292 g/mol. The second-order valence-electron chi connectivity index (χ2n) is 5.41. The predicted octanol–water partition coefficient (Wildman–Crippen LogP) is 0.735. The lowest BCUT2D eigenvalue weighted by Gasteiger charge is -2.33. The molecule has 21 heavy (non-hydrogen) atoms. The molecule has 2 rings (SSSR count). The Kier molecular flexibility index (Phi) is 5.95. The lowest BCUT2D eigenvalue weighted by Crippen LogP contribution is -2.48. The molecule has 0 bridgehead atoms. The van der Waals surface area contributed by atoms with E-state index >= 15 is 0 Å². The molecular weight excluding hydrogens is 268 g/mol. The first-order valence-corrected chi connectivity index (χ1v) is 7.63. The Balaban J connectivity index is 1.87. The molecule has 6 nitrogen and oxygen atoms in total. The van der Waals surface area contributed by atoms with Crippen LogP contribution < -0.4 is 10.6 Å². The highest BCUT2D eigenvalue weighted by atomic mass is 16.2. The Hall–Kier alpha value is -1.66. The SMILES string of the molecule is CCCN(CC(=O)NC(=O)c1ccc[nH]1)C1CCNCC1. The fourth-order valence-electron chi connectivity index (χ4n) is 2.74. The number of rotatable bonds is 6. The van der Waals surface area contributed by atoms with Gasteiger partial charge in [0.25, 0.3) is 5.91 Å². The first-order valence-electron chi connectivity index (χ1n) is 7.63. The van der Waals surface area contributed by atoms with E-state index in [2.05, 4.69) is 27.4 Å². The highest BCUT2D eigenvalue weighted by Crippen LogP contribution is 2.12. The molecule has 6 heteroatoms. The van der Waals surface area contributed by atoms with Crippen molar-refractivity contribution in [1.82, 2.24) is 20.5 Å². The molecule has 0 spiro atoms. The van der Waals surface area contributed by atoms with Crippen LogP contribution in [0.25, 0.3) is 0 Å². The molecule has 1 aromatic rings. The van der Waals surface area contributed by atoms with E-state index in [9.17, 15) is 9.59 Å². The predicted molar refractivity (Wildman–Crippen MR) is 81.0 cm³/mol. The van der Waals surface area contributed by atoms with Crippen molar-refractivity contribution in [3.8, 4) is 0 Å². The average Bonchev–Trinajstić information content (AvgIpc) is 3.02. The number of hydrogen-bond acceptors (Lipinski definition) is 4. The molecule has 116 valence electrons. The van der Waals surface area contributed by atoms with Gasteiger partial charge in [-0.25, -0.2) is 0 Å². The van der Waals surface area contributed by atoms with Crippen LogP contribution in [0.4, 0.5) is 0 Å². The number of aromatic amines is 1. The smallest absolute Gasteiger partial charge is 0.274 e. The summed E-state index contributed by atoms with van der Waals surface area (Å²) in [5.74, 6) is -0.603. The van der Waals surface area contributed by atoms with Gasteiger partial charge < -0.3 is 10.3 Å². The zero-order chi connectivity index (χ0) is 15.1. The van der Waals surface area contributed by atoms with Gasteiger partial charge in [-0.05, 0) is 51.0 Å². The van der Waals surface area contributed by atoms with Crippen molar-refractivity contribution in [2.24, 2.45) is 0 Å². The van der Waals surface area contributed by atoms with Gasteiger partial charge in [-0.3, -0.25) is 19.8 Å². The van der Waals surface area contributed by atoms with Crippen molar-refractivity contribution >= 4 is 11.8 Å². The number of amides is 2. The summed E-state index contributed by atoms with van der Waals surface area (Å²) in [7, 11) is 0. The molecule has 1 saturated heterocycles. The molecule has 0 aromatic carbocycles. The Bertz CT molecular complexity index is 452. The first-order chi connectivity index (χ1) is 10.2. The van der Waals surface area contributed by atoms with Gasteiger partial charge in [0.15, 0.2) is 0 Å². The molecule has 1 aliphatic heterocycles. The third-order valence-corrected chi connectivity index (χ3v) is 3.78. The third kappa shape index (κ3) is 4.68. The minimum absolute atomic E-state index is 0.235. The van der Waals surface area contributed by atoms with Crippen LogP contribution in [-0.2, 0) is 4.79 Å². The Labute approximate surface area is 125 Å². The fraction of sp³-hybridized carbons (Fsp3) is 0.600. The lowest BCUT2D eigenvalue weighted by molar-refractivity contribution is -0.122. The number of H-pyrrole nitrogens is 1. The van der Waals surface area contributed by atoms with Crippen LogP contribution >= 0.6 is 0 Å². The summed E-state index contributed by atoms with van der Waals surface area (Å²) in [5, 5.41) is 5.77. The molecule has 2 heterocycles. The molecular formula is C15H24N4O2. The van der Waals surface area contributed by atoms with E-state index in [1.54, 1.807) is 18.3 Å². The normalized spacial score (nSPS) is 16.1. The number of carbonyl (C=O) groups is 2. The molecule has 0 saturated carbocycles. The largest absolute Gasteiger partial charge is 0.357 e. The van der Waals surface area contributed by atoms with Crippen molar-refractivity contribution in [1.29, 1.82) is 0 Å². The van der Waals surface area contributed by atoms with Crippen molar-refractivity contribution in [3.63, 3.8) is 0 Å². The van der Waals surface area contributed by atoms with Gasteiger partial charge in [0.2, 0.25) is 5.91 Å².